The van der Waals surface area contributed by atoms with Gasteiger partial charge in [0.15, 0.2) is 0 Å². The lowest BCUT2D eigenvalue weighted by atomic mass is 10.4. The van der Waals surface area contributed by atoms with Crippen LogP contribution >= 0.6 is 0 Å². The van der Waals surface area contributed by atoms with Crippen LogP contribution in [0.15, 0.2) is 60.7 Å². The minimum atomic E-state index is -1.60. The van der Waals surface area contributed by atoms with Gasteiger partial charge in [-0.15, -0.1) is 0 Å². The van der Waals surface area contributed by atoms with E-state index in [-0.39, 0.29) is 0 Å². The van der Waals surface area contributed by atoms with E-state index in [1.807, 2.05) is 0 Å². The summed E-state index contributed by atoms with van der Waals surface area (Å²) in [6.07, 6.45) is 1.26. The molecule has 0 heterocycles. The molecule has 0 unspecified atom stereocenters. The van der Waals surface area contributed by atoms with Gasteiger partial charge in [0.25, 0.3) is 0 Å². The van der Waals surface area contributed by atoms with Gasteiger partial charge in [0.1, 0.15) is 8.07 Å². The molecule has 0 aromatic heterocycles. The van der Waals surface area contributed by atoms with Gasteiger partial charge in [0.05, 0.1) is 0 Å². The third kappa shape index (κ3) is 3.59. The lowest BCUT2D eigenvalue weighted by Crippen LogP contribution is -2.55. The van der Waals surface area contributed by atoms with Crippen LogP contribution in [0.25, 0.3) is 0 Å². The van der Waals surface area contributed by atoms with Crippen molar-refractivity contribution in [3.05, 3.63) is 60.7 Å². The number of hydrogen-bond acceptors (Lipinski definition) is 1. The van der Waals surface area contributed by atoms with Crippen LogP contribution in [0.5, 0.6) is 0 Å². The molecule has 0 amide bonds. The van der Waals surface area contributed by atoms with Crippen LogP contribution in [0.4, 0.5) is 0 Å². The largest absolute Gasteiger partial charge is 0.309 e. The molecule has 0 aliphatic heterocycles. The van der Waals surface area contributed by atoms with Gasteiger partial charge in [-0.25, -0.2) is 0 Å². The predicted molar refractivity (Wildman–Crippen MR) is 91.7 cm³/mol. The summed E-state index contributed by atoms with van der Waals surface area (Å²) in [4.78, 5) is 2.28. The molecule has 20 heavy (non-hydrogen) atoms. The van der Waals surface area contributed by atoms with Gasteiger partial charge >= 0.3 is 0 Å². The number of hydrogen-bond donors (Lipinski definition) is 0. The smallest absolute Gasteiger partial charge is 0.115 e. The summed E-state index contributed by atoms with van der Waals surface area (Å²) in [5.74, 6) is 0. The Kier molecular flexibility index (Phi) is 5.15. The summed E-state index contributed by atoms with van der Waals surface area (Å²) >= 11 is 0. The Morgan fingerprint density at radius 3 is 1.65 bits per heavy atom. The molecule has 2 aromatic rings. The van der Waals surface area contributed by atoms with E-state index in [2.05, 4.69) is 86.2 Å². The maximum absolute atomic E-state index is 2.51. The van der Waals surface area contributed by atoms with E-state index < -0.39 is 8.07 Å². The van der Waals surface area contributed by atoms with Crippen molar-refractivity contribution in [1.82, 2.24) is 4.90 Å². The summed E-state index contributed by atoms with van der Waals surface area (Å²) in [5.41, 5.74) is 0. The molecular weight excluding hydrogens is 258 g/mol. The lowest BCUT2D eigenvalue weighted by Gasteiger charge is -2.29. The first-order valence-electron chi connectivity index (χ1n) is 7.39. The van der Waals surface area contributed by atoms with E-state index in [9.17, 15) is 0 Å². The Bertz CT molecular complexity index is 468. The Balaban J connectivity index is 2.29. The van der Waals surface area contributed by atoms with Crippen molar-refractivity contribution < 1.29 is 0 Å². The highest BCUT2D eigenvalue weighted by atomic mass is 28.3. The molecule has 0 radical (unpaired) electrons. The summed E-state index contributed by atoms with van der Waals surface area (Å²) in [7, 11) is 2.72. The molecular formula is C18H25NSi. The number of rotatable bonds is 6. The highest BCUT2D eigenvalue weighted by Crippen LogP contribution is 2.14. The fraction of sp³-hybridized carbons (Fsp3) is 0.333. The summed E-state index contributed by atoms with van der Waals surface area (Å²) < 4.78 is 0. The molecule has 0 aliphatic rings. The van der Waals surface area contributed by atoms with Crippen LogP contribution in [0.3, 0.4) is 0 Å². The van der Waals surface area contributed by atoms with Crippen molar-refractivity contribution in [3.63, 3.8) is 0 Å². The molecule has 0 bridgehead atoms. The molecule has 2 rings (SSSR count). The van der Waals surface area contributed by atoms with Gasteiger partial charge < -0.3 is 4.90 Å². The summed E-state index contributed by atoms with van der Waals surface area (Å²) in [6, 6.07) is 23.5. The normalized spacial score (nSPS) is 11.8. The van der Waals surface area contributed by atoms with Crippen molar-refractivity contribution in [3.8, 4) is 0 Å². The van der Waals surface area contributed by atoms with Gasteiger partial charge in [-0.2, -0.15) is 0 Å². The zero-order valence-corrected chi connectivity index (χ0v) is 13.8. The van der Waals surface area contributed by atoms with Crippen LogP contribution in [-0.4, -0.2) is 33.6 Å². The zero-order chi connectivity index (χ0) is 14.4. The maximum Gasteiger partial charge on any atom is 0.115 e. The molecule has 1 nitrogen and oxygen atoms in total. The molecule has 0 saturated carbocycles. The number of benzene rings is 2. The van der Waals surface area contributed by atoms with Gasteiger partial charge in [0, 0.05) is 0 Å². The highest BCUT2D eigenvalue weighted by Gasteiger charge is 2.30. The first-order valence-corrected chi connectivity index (χ1v) is 10.1. The standard InChI is InChI=1S/C18H25NSi/c1-19(2)15-10-16-20(3,17-11-6-4-7-12-17)18-13-8-5-9-14-18/h4-9,11-14H,10,15-16H2,1-3H3. The zero-order valence-electron chi connectivity index (χ0n) is 12.8. The minimum absolute atomic E-state index is 1.17. The minimum Gasteiger partial charge on any atom is -0.309 e. The Morgan fingerprint density at radius 2 is 1.25 bits per heavy atom. The topological polar surface area (TPSA) is 3.24 Å². The Hall–Kier alpha value is -1.38. The average molecular weight is 283 g/mol. The third-order valence-electron chi connectivity index (χ3n) is 4.10. The summed E-state index contributed by atoms with van der Waals surface area (Å²) in [5, 5.41) is 3.09. The summed E-state index contributed by atoms with van der Waals surface area (Å²) in [6.45, 7) is 3.68. The fourth-order valence-electron chi connectivity index (χ4n) is 2.82. The SMILES string of the molecule is CN(C)CCC[Si](C)(c1ccccc1)c1ccccc1. The predicted octanol–water partition coefficient (Wildman–Crippen LogP) is 2.83. The lowest BCUT2D eigenvalue weighted by molar-refractivity contribution is 0.408. The van der Waals surface area contributed by atoms with E-state index in [0.717, 1.165) is 0 Å². The van der Waals surface area contributed by atoms with E-state index in [1.165, 1.54) is 19.0 Å². The highest BCUT2D eigenvalue weighted by molar-refractivity contribution is 7.01. The van der Waals surface area contributed by atoms with Crippen LogP contribution in [0.2, 0.25) is 12.6 Å². The molecule has 0 N–H and O–H groups in total. The van der Waals surface area contributed by atoms with Crippen LogP contribution in [0.1, 0.15) is 6.42 Å². The van der Waals surface area contributed by atoms with E-state index in [4.69, 9.17) is 0 Å². The van der Waals surface area contributed by atoms with Crippen LogP contribution in [0, 0.1) is 0 Å². The second-order valence-corrected chi connectivity index (χ2v) is 10.3. The van der Waals surface area contributed by atoms with Crippen LogP contribution in [-0.2, 0) is 0 Å². The fourth-order valence-corrected chi connectivity index (χ4v) is 6.45. The van der Waals surface area contributed by atoms with E-state index >= 15 is 0 Å². The van der Waals surface area contributed by atoms with E-state index in [1.54, 1.807) is 10.4 Å². The van der Waals surface area contributed by atoms with Crippen molar-refractivity contribution in [2.24, 2.45) is 0 Å². The third-order valence-corrected chi connectivity index (χ3v) is 8.67. The molecule has 0 atom stereocenters. The average Bonchev–Trinajstić information content (AvgIpc) is 2.48. The molecule has 106 valence electrons. The molecule has 0 fully saturated rings. The second kappa shape index (κ2) is 6.87. The number of nitrogens with zero attached hydrogens (tertiary/aromatic N) is 1. The van der Waals surface area contributed by atoms with E-state index in [0.29, 0.717) is 0 Å². The van der Waals surface area contributed by atoms with Gasteiger partial charge in [0.2, 0.25) is 0 Å². The van der Waals surface area contributed by atoms with Crippen molar-refractivity contribution in [1.29, 1.82) is 0 Å². The maximum atomic E-state index is 2.51. The van der Waals surface area contributed by atoms with Crippen molar-refractivity contribution >= 4 is 18.4 Å². The quantitative estimate of drug-likeness (QED) is 0.737. The van der Waals surface area contributed by atoms with Crippen LogP contribution < -0.4 is 10.4 Å². The van der Waals surface area contributed by atoms with Gasteiger partial charge in [-0.05, 0) is 33.1 Å². The molecule has 0 saturated heterocycles. The first-order chi connectivity index (χ1) is 9.63. The van der Waals surface area contributed by atoms with Gasteiger partial charge in [-0.1, -0.05) is 77.6 Å². The van der Waals surface area contributed by atoms with Crippen molar-refractivity contribution in [2.45, 2.75) is 19.0 Å². The molecule has 0 spiro atoms. The Labute approximate surface area is 124 Å². The molecule has 0 aliphatic carbocycles. The monoisotopic (exact) mass is 283 g/mol. The first kappa shape index (κ1) is 15.0. The van der Waals surface area contributed by atoms with Crippen molar-refractivity contribution in [2.75, 3.05) is 20.6 Å². The second-order valence-electron chi connectivity index (χ2n) is 5.97. The molecule has 2 heteroatoms. The molecule has 2 aromatic carbocycles. The van der Waals surface area contributed by atoms with Gasteiger partial charge in [-0.3, -0.25) is 0 Å². The Morgan fingerprint density at radius 1 is 0.800 bits per heavy atom.